The molecule has 0 aliphatic carbocycles. The van der Waals surface area contributed by atoms with Crippen molar-refractivity contribution in [2.24, 2.45) is 0 Å². The third-order valence-corrected chi connectivity index (χ3v) is 8.57. The molecule has 1 saturated heterocycles. The first-order valence-electron chi connectivity index (χ1n) is 13.8. The molecule has 0 radical (unpaired) electrons. The number of fused-ring (bicyclic) bond motifs is 2. The standard InChI is InChI=1S/C34H26N2O6S/c1-19-15-22-16-21(11-14-27(22)41-19)31(37)29-30(20-7-6-10-25(17-20)42-23-8-4-3-5-9-23)36(33(39)32(29)38)34-35-26-13-12-24(40-2)18-28(26)43-34/h3-14,16-19,30,37H,15H2,1-2H3/b31-29+/t19-,30-/m1/s1. The molecule has 4 aromatic carbocycles. The first kappa shape index (κ1) is 26.7. The normalized spacial score (nSPS) is 19.0. The summed E-state index contributed by atoms with van der Waals surface area (Å²) in [6.07, 6.45) is 0.699. The maximum Gasteiger partial charge on any atom is 0.301 e. The largest absolute Gasteiger partial charge is 0.507 e. The molecule has 0 bridgehead atoms. The molecule has 2 aliphatic heterocycles. The molecule has 1 aromatic heterocycles. The number of hydrogen-bond donors (Lipinski definition) is 1. The lowest BCUT2D eigenvalue weighted by molar-refractivity contribution is -0.132. The van der Waals surface area contributed by atoms with Gasteiger partial charge in [-0.3, -0.25) is 14.5 Å². The predicted octanol–water partition coefficient (Wildman–Crippen LogP) is 7.05. The number of aromatic nitrogens is 1. The van der Waals surface area contributed by atoms with Crippen LogP contribution in [0.4, 0.5) is 5.13 Å². The van der Waals surface area contributed by atoms with Gasteiger partial charge in [0.2, 0.25) is 0 Å². The number of methoxy groups -OCH3 is 1. The molecule has 3 heterocycles. The van der Waals surface area contributed by atoms with Crippen LogP contribution in [0.1, 0.15) is 29.7 Å². The van der Waals surface area contributed by atoms with Crippen LogP contribution in [0.15, 0.2) is 96.6 Å². The van der Waals surface area contributed by atoms with E-state index in [0.717, 1.165) is 16.0 Å². The molecule has 0 spiro atoms. The molecule has 9 heteroatoms. The Morgan fingerprint density at radius 1 is 0.953 bits per heavy atom. The summed E-state index contributed by atoms with van der Waals surface area (Å²) in [4.78, 5) is 33.6. The summed E-state index contributed by atoms with van der Waals surface area (Å²) in [5.41, 5.74) is 2.59. The van der Waals surface area contributed by atoms with E-state index in [1.165, 1.54) is 16.2 Å². The zero-order valence-corrected chi connectivity index (χ0v) is 24.1. The second kappa shape index (κ2) is 10.6. The van der Waals surface area contributed by atoms with E-state index >= 15 is 0 Å². The summed E-state index contributed by atoms with van der Waals surface area (Å²) >= 11 is 1.27. The average Bonchev–Trinajstić information content (AvgIpc) is 3.69. The van der Waals surface area contributed by atoms with Crippen LogP contribution in [-0.2, 0) is 16.0 Å². The van der Waals surface area contributed by atoms with Crippen molar-refractivity contribution in [2.75, 3.05) is 12.0 Å². The number of nitrogens with zero attached hydrogens (tertiary/aromatic N) is 2. The van der Waals surface area contributed by atoms with Crippen LogP contribution >= 0.6 is 11.3 Å². The van der Waals surface area contributed by atoms with Crippen LogP contribution in [0, 0.1) is 0 Å². The number of thiazole rings is 1. The third-order valence-electron chi connectivity index (χ3n) is 7.56. The van der Waals surface area contributed by atoms with Crippen LogP contribution in [0.2, 0.25) is 0 Å². The van der Waals surface area contributed by atoms with Crippen molar-refractivity contribution in [3.05, 3.63) is 113 Å². The van der Waals surface area contributed by atoms with Crippen molar-refractivity contribution in [3.8, 4) is 23.0 Å². The van der Waals surface area contributed by atoms with Gasteiger partial charge >= 0.3 is 5.91 Å². The highest BCUT2D eigenvalue weighted by atomic mass is 32.1. The minimum absolute atomic E-state index is 0.0167. The maximum atomic E-state index is 13.8. The molecule has 2 aliphatic rings. The van der Waals surface area contributed by atoms with Crippen molar-refractivity contribution in [2.45, 2.75) is 25.5 Å². The van der Waals surface area contributed by atoms with Crippen molar-refractivity contribution >= 4 is 44.1 Å². The number of rotatable bonds is 6. The summed E-state index contributed by atoms with van der Waals surface area (Å²) in [6.45, 7) is 1.98. The van der Waals surface area contributed by atoms with Gasteiger partial charge in [0.1, 0.15) is 34.9 Å². The van der Waals surface area contributed by atoms with Crippen molar-refractivity contribution < 1.29 is 28.9 Å². The highest BCUT2D eigenvalue weighted by Crippen LogP contribution is 2.46. The average molecular weight is 591 g/mol. The van der Waals surface area contributed by atoms with Crippen LogP contribution in [0.25, 0.3) is 16.0 Å². The highest BCUT2D eigenvalue weighted by molar-refractivity contribution is 7.22. The zero-order chi connectivity index (χ0) is 29.7. The minimum atomic E-state index is -0.954. The molecule has 214 valence electrons. The molecule has 5 aromatic rings. The van der Waals surface area contributed by atoms with Crippen LogP contribution < -0.4 is 19.1 Å². The predicted molar refractivity (Wildman–Crippen MR) is 164 cm³/mol. The topological polar surface area (TPSA) is 98.2 Å². The number of Topliss-reactive ketones (excluding diaryl/α,β-unsaturated/α-hetero) is 1. The van der Waals surface area contributed by atoms with Crippen LogP contribution in [0.3, 0.4) is 0 Å². The van der Waals surface area contributed by atoms with E-state index in [1.54, 1.807) is 43.5 Å². The number of aliphatic hydroxyl groups excluding tert-OH is 1. The van der Waals surface area contributed by atoms with Gasteiger partial charge in [-0.1, -0.05) is 41.7 Å². The summed E-state index contributed by atoms with van der Waals surface area (Å²) in [5.74, 6) is 0.739. The Morgan fingerprint density at radius 2 is 1.77 bits per heavy atom. The number of amides is 1. The lowest BCUT2D eigenvalue weighted by atomic mass is 9.94. The lowest BCUT2D eigenvalue weighted by Crippen LogP contribution is -2.29. The first-order valence-corrected chi connectivity index (χ1v) is 14.6. The van der Waals surface area contributed by atoms with Crippen molar-refractivity contribution in [1.29, 1.82) is 0 Å². The van der Waals surface area contributed by atoms with Gasteiger partial charge in [-0.2, -0.15) is 0 Å². The molecular formula is C34H26N2O6S. The van der Waals surface area contributed by atoms with Gasteiger partial charge in [0.15, 0.2) is 5.13 Å². The zero-order valence-electron chi connectivity index (χ0n) is 23.3. The Balaban J connectivity index is 1.38. The molecule has 2 atom stereocenters. The number of benzene rings is 4. The molecule has 0 unspecified atom stereocenters. The fourth-order valence-electron chi connectivity index (χ4n) is 5.57. The van der Waals surface area contributed by atoms with E-state index in [1.807, 2.05) is 61.5 Å². The molecule has 8 nitrogen and oxygen atoms in total. The van der Waals surface area contributed by atoms with E-state index in [2.05, 4.69) is 0 Å². The Morgan fingerprint density at radius 3 is 2.58 bits per heavy atom. The van der Waals surface area contributed by atoms with Crippen LogP contribution in [0.5, 0.6) is 23.0 Å². The van der Waals surface area contributed by atoms with Gasteiger partial charge in [0, 0.05) is 12.0 Å². The third kappa shape index (κ3) is 4.77. The Hall–Kier alpha value is -5.15. The quantitative estimate of drug-likeness (QED) is 0.129. The molecule has 43 heavy (non-hydrogen) atoms. The second-order valence-corrected chi connectivity index (χ2v) is 11.5. The first-order chi connectivity index (χ1) is 20.9. The Bertz CT molecular complexity index is 1930. The number of anilines is 1. The molecular weight excluding hydrogens is 564 g/mol. The van der Waals surface area contributed by atoms with Gasteiger partial charge < -0.3 is 19.3 Å². The molecule has 1 amide bonds. The molecule has 1 N–H and O–H groups in total. The van der Waals surface area contributed by atoms with Gasteiger partial charge in [-0.05, 0) is 78.7 Å². The number of aliphatic hydroxyl groups is 1. The van der Waals surface area contributed by atoms with E-state index in [4.69, 9.17) is 19.2 Å². The lowest BCUT2D eigenvalue weighted by Gasteiger charge is -2.23. The van der Waals surface area contributed by atoms with Crippen molar-refractivity contribution in [1.82, 2.24) is 4.98 Å². The SMILES string of the molecule is COc1ccc2nc(N3C(=O)C(=O)/C(=C(/O)c4ccc5c(c4)C[C@@H](C)O5)[C@H]3c3cccc(Oc4ccccc4)c3)sc2c1. The molecule has 1 fully saturated rings. The minimum Gasteiger partial charge on any atom is -0.507 e. The molecule has 7 rings (SSSR count). The number of para-hydroxylation sites is 1. The fourth-order valence-corrected chi connectivity index (χ4v) is 6.59. The monoisotopic (exact) mass is 590 g/mol. The van der Waals surface area contributed by atoms with Crippen LogP contribution in [-0.4, -0.2) is 35.0 Å². The summed E-state index contributed by atoms with van der Waals surface area (Å²) in [5, 5.41) is 12.0. The van der Waals surface area contributed by atoms with E-state index in [0.29, 0.717) is 45.4 Å². The Labute approximate surface area is 251 Å². The maximum absolute atomic E-state index is 13.8. The van der Waals surface area contributed by atoms with Crippen molar-refractivity contribution in [3.63, 3.8) is 0 Å². The van der Waals surface area contributed by atoms with Gasteiger partial charge in [-0.25, -0.2) is 4.98 Å². The summed E-state index contributed by atoms with van der Waals surface area (Å²) in [6, 6.07) is 26.3. The van der Waals surface area contributed by atoms with E-state index in [9.17, 15) is 14.7 Å². The number of hydrogen-bond acceptors (Lipinski definition) is 8. The number of carbonyl (C=O) groups excluding carboxylic acids is 2. The summed E-state index contributed by atoms with van der Waals surface area (Å²) < 4.78 is 18.1. The second-order valence-electron chi connectivity index (χ2n) is 10.4. The van der Waals surface area contributed by atoms with E-state index < -0.39 is 17.7 Å². The fraction of sp³-hybridized carbons (Fsp3) is 0.147. The highest BCUT2D eigenvalue weighted by Gasteiger charge is 2.48. The number of ether oxygens (including phenoxy) is 3. The number of ketones is 1. The Kier molecular flexibility index (Phi) is 6.59. The summed E-state index contributed by atoms with van der Waals surface area (Å²) in [7, 11) is 1.58. The number of carbonyl (C=O) groups is 2. The smallest absolute Gasteiger partial charge is 0.301 e. The van der Waals surface area contributed by atoms with Gasteiger partial charge in [0.05, 0.1) is 28.9 Å². The van der Waals surface area contributed by atoms with Gasteiger partial charge in [0.25, 0.3) is 5.78 Å². The molecule has 0 saturated carbocycles. The van der Waals surface area contributed by atoms with E-state index in [-0.39, 0.29) is 17.4 Å². The van der Waals surface area contributed by atoms with Gasteiger partial charge in [-0.15, -0.1) is 0 Å².